The fourth-order valence-electron chi connectivity index (χ4n) is 2.13. The van der Waals surface area contributed by atoms with Crippen LogP contribution in [0.25, 0.3) is 0 Å². The van der Waals surface area contributed by atoms with E-state index in [0.717, 1.165) is 17.0 Å². The summed E-state index contributed by atoms with van der Waals surface area (Å²) in [5.41, 5.74) is 2.10. The minimum Gasteiger partial charge on any atom is -0.325 e. The SMILES string of the molecule is CCC(C)c1ccccc1NC(=O)CSc1ccc(Cl)cc1. The first-order valence-corrected chi connectivity index (χ1v) is 8.73. The predicted molar refractivity (Wildman–Crippen MR) is 96.0 cm³/mol. The number of hydrogen-bond donors (Lipinski definition) is 1. The Balaban J connectivity index is 1.96. The highest BCUT2D eigenvalue weighted by atomic mass is 35.5. The molecule has 1 amide bonds. The number of rotatable bonds is 6. The van der Waals surface area contributed by atoms with Gasteiger partial charge in [-0.25, -0.2) is 0 Å². The number of benzene rings is 2. The molecule has 116 valence electrons. The fraction of sp³-hybridized carbons (Fsp3) is 0.278. The number of anilines is 1. The molecule has 0 heterocycles. The van der Waals surface area contributed by atoms with Crippen molar-refractivity contribution >= 4 is 35.0 Å². The average Bonchev–Trinajstić information content (AvgIpc) is 2.54. The lowest BCUT2D eigenvalue weighted by Gasteiger charge is -2.15. The van der Waals surface area contributed by atoms with E-state index in [1.165, 1.54) is 17.3 Å². The Bertz CT molecular complexity index is 627. The molecule has 2 rings (SSSR count). The molecule has 2 nitrogen and oxygen atoms in total. The van der Waals surface area contributed by atoms with Crippen LogP contribution in [-0.2, 0) is 4.79 Å². The van der Waals surface area contributed by atoms with E-state index in [1.807, 2.05) is 42.5 Å². The molecule has 0 radical (unpaired) electrons. The van der Waals surface area contributed by atoms with E-state index >= 15 is 0 Å². The predicted octanol–water partition coefficient (Wildman–Crippen LogP) is 5.58. The number of hydrogen-bond acceptors (Lipinski definition) is 2. The molecule has 0 aliphatic carbocycles. The third-order valence-electron chi connectivity index (χ3n) is 3.56. The number of amides is 1. The molecular weight excluding hydrogens is 314 g/mol. The highest BCUT2D eigenvalue weighted by molar-refractivity contribution is 8.00. The summed E-state index contributed by atoms with van der Waals surface area (Å²) in [5, 5.41) is 3.73. The van der Waals surface area contributed by atoms with Crippen LogP contribution in [0.3, 0.4) is 0 Å². The highest BCUT2D eigenvalue weighted by Gasteiger charge is 2.11. The van der Waals surface area contributed by atoms with E-state index in [4.69, 9.17) is 11.6 Å². The summed E-state index contributed by atoms with van der Waals surface area (Å²) in [5.74, 6) is 0.826. The van der Waals surface area contributed by atoms with Gasteiger partial charge in [0, 0.05) is 15.6 Å². The van der Waals surface area contributed by atoms with Crippen molar-refractivity contribution in [2.24, 2.45) is 0 Å². The number of nitrogens with one attached hydrogen (secondary N) is 1. The maximum Gasteiger partial charge on any atom is 0.234 e. The Kier molecular flexibility index (Phi) is 6.34. The van der Waals surface area contributed by atoms with Gasteiger partial charge in [-0.2, -0.15) is 0 Å². The van der Waals surface area contributed by atoms with Crippen LogP contribution in [-0.4, -0.2) is 11.7 Å². The Hall–Kier alpha value is -1.45. The second-order valence-electron chi connectivity index (χ2n) is 5.19. The Labute approximate surface area is 141 Å². The lowest BCUT2D eigenvalue weighted by Crippen LogP contribution is -2.15. The van der Waals surface area contributed by atoms with Crippen LogP contribution < -0.4 is 5.32 Å². The first kappa shape index (κ1) is 16.9. The highest BCUT2D eigenvalue weighted by Crippen LogP contribution is 2.27. The molecule has 22 heavy (non-hydrogen) atoms. The van der Waals surface area contributed by atoms with Crippen LogP contribution >= 0.6 is 23.4 Å². The Morgan fingerprint density at radius 3 is 2.55 bits per heavy atom. The summed E-state index contributed by atoms with van der Waals surface area (Å²) in [7, 11) is 0. The van der Waals surface area contributed by atoms with Crippen LogP contribution in [0.15, 0.2) is 53.4 Å². The van der Waals surface area contributed by atoms with Gasteiger partial charge in [-0.3, -0.25) is 4.79 Å². The van der Waals surface area contributed by atoms with E-state index in [9.17, 15) is 4.79 Å². The van der Waals surface area contributed by atoms with Crippen LogP contribution in [0, 0.1) is 0 Å². The van der Waals surface area contributed by atoms with Crippen LogP contribution in [0.2, 0.25) is 5.02 Å². The Morgan fingerprint density at radius 1 is 1.18 bits per heavy atom. The molecule has 1 N–H and O–H groups in total. The molecule has 0 bridgehead atoms. The smallest absolute Gasteiger partial charge is 0.234 e. The molecule has 0 saturated heterocycles. The largest absolute Gasteiger partial charge is 0.325 e. The van der Waals surface area contributed by atoms with Gasteiger partial charge in [0.1, 0.15) is 0 Å². The lowest BCUT2D eigenvalue weighted by molar-refractivity contribution is -0.113. The number of thioether (sulfide) groups is 1. The van der Waals surface area contributed by atoms with Crippen molar-refractivity contribution in [3.05, 3.63) is 59.1 Å². The minimum absolute atomic E-state index is 0.00991. The summed E-state index contributed by atoms with van der Waals surface area (Å²) in [4.78, 5) is 13.2. The van der Waals surface area contributed by atoms with Gasteiger partial charge in [-0.05, 0) is 48.2 Å². The number of carbonyl (C=O) groups excluding carboxylic acids is 1. The monoisotopic (exact) mass is 333 g/mol. The van der Waals surface area contributed by atoms with E-state index in [1.54, 1.807) is 0 Å². The zero-order valence-corrected chi connectivity index (χ0v) is 14.4. The van der Waals surface area contributed by atoms with Gasteiger partial charge in [-0.1, -0.05) is 43.6 Å². The normalized spacial score (nSPS) is 12.0. The molecule has 0 fully saturated rings. The van der Waals surface area contributed by atoms with E-state index in [0.29, 0.717) is 16.7 Å². The number of para-hydroxylation sites is 1. The maximum absolute atomic E-state index is 12.2. The first-order chi connectivity index (χ1) is 10.6. The van der Waals surface area contributed by atoms with Gasteiger partial charge < -0.3 is 5.32 Å². The van der Waals surface area contributed by atoms with Crippen molar-refractivity contribution in [3.63, 3.8) is 0 Å². The zero-order valence-electron chi connectivity index (χ0n) is 12.8. The summed E-state index contributed by atoms with van der Waals surface area (Å²) in [6.07, 6.45) is 1.05. The second-order valence-corrected chi connectivity index (χ2v) is 6.67. The number of carbonyl (C=O) groups is 1. The van der Waals surface area contributed by atoms with Gasteiger partial charge in [0.2, 0.25) is 5.91 Å². The first-order valence-electron chi connectivity index (χ1n) is 7.37. The standard InChI is InChI=1S/C18H20ClNOS/c1-3-13(2)16-6-4-5-7-17(16)20-18(21)12-22-15-10-8-14(19)9-11-15/h4-11,13H,3,12H2,1-2H3,(H,20,21). The van der Waals surface area contributed by atoms with Crippen molar-refractivity contribution < 1.29 is 4.79 Å². The van der Waals surface area contributed by atoms with Crippen molar-refractivity contribution in [2.45, 2.75) is 31.1 Å². The molecule has 2 aromatic rings. The van der Waals surface area contributed by atoms with E-state index in [2.05, 4.69) is 25.2 Å². The second kappa shape index (κ2) is 8.25. The van der Waals surface area contributed by atoms with Crippen LogP contribution in [0.4, 0.5) is 5.69 Å². The summed E-state index contributed by atoms with van der Waals surface area (Å²) in [6, 6.07) is 15.5. The van der Waals surface area contributed by atoms with Gasteiger partial charge in [0.15, 0.2) is 0 Å². The van der Waals surface area contributed by atoms with Crippen molar-refractivity contribution in [3.8, 4) is 0 Å². The van der Waals surface area contributed by atoms with E-state index in [-0.39, 0.29) is 5.91 Å². The topological polar surface area (TPSA) is 29.1 Å². The van der Waals surface area contributed by atoms with Crippen LogP contribution in [0.1, 0.15) is 31.7 Å². The van der Waals surface area contributed by atoms with Crippen molar-refractivity contribution in [1.29, 1.82) is 0 Å². The Morgan fingerprint density at radius 2 is 1.86 bits per heavy atom. The average molecular weight is 334 g/mol. The van der Waals surface area contributed by atoms with Gasteiger partial charge in [-0.15, -0.1) is 11.8 Å². The molecule has 0 saturated carbocycles. The zero-order chi connectivity index (χ0) is 15.9. The fourth-order valence-corrected chi connectivity index (χ4v) is 2.95. The molecule has 4 heteroatoms. The van der Waals surface area contributed by atoms with Gasteiger partial charge in [0.05, 0.1) is 5.75 Å². The molecule has 1 atom stereocenters. The summed E-state index contributed by atoms with van der Waals surface area (Å²) in [6.45, 7) is 4.33. The van der Waals surface area contributed by atoms with Gasteiger partial charge >= 0.3 is 0 Å². The molecular formula is C18H20ClNOS. The summed E-state index contributed by atoms with van der Waals surface area (Å²) < 4.78 is 0. The number of halogens is 1. The molecule has 2 aromatic carbocycles. The van der Waals surface area contributed by atoms with Crippen molar-refractivity contribution in [1.82, 2.24) is 0 Å². The molecule has 0 spiro atoms. The third kappa shape index (κ3) is 4.79. The van der Waals surface area contributed by atoms with Gasteiger partial charge in [0.25, 0.3) is 0 Å². The minimum atomic E-state index is 0.00991. The quantitative estimate of drug-likeness (QED) is 0.699. The molecule has 0 aromatic heterocycles. The molecule has 0 aliphatic rings. The maximum atomic E-state index is 12.2. The van der Waals surface area contributed by atoms with Crippen molar-refractivity contribution in [2.75, 3.05) is 11.1 Å². The van der Waals surface area contributed by atoms with E-state index < -0.39 is 0 Å². The van der Waals surface area contributed by atoms with Crippen LogP contribution in [0.5, 0.6) is 0 Å². The lowest BCUT2D eigenvalue weighted by atomic mass is 9.97. The molecule has 0 aliphatic heterocycles. The summed E-state index contributed by atoms with van der Waals surface area (Å²) >= 11 is 7.36. The molecule has 1 unspecified atom stereocenters. The third-order valence-corrected chi connectivity index (χ3v) is 4.83.